The fraction of sp³-hybridized carbons (Fsp3) is 0.409. The molecule has 1 unspecified atom stereocenters. The molecule has 5 N–H and O–H groups in total. The lowest BCUT2D eigenvalue weighted by molar-refractivity contribution is 0.0237. The molecule has 9 nitrogen and oxygen atoms in total. The van der Waals surface area contributed by atoms with Crippen molar-refractivity contribution in [3.05, 3.63) is 35.9 Å². The Balaban J connectivity index is 1.85. The maximum Gasteiger partial charge on any atom is 0.410 e. The highest BCUT2D eigenvalue weighted by Gasteiger charge is 2.32. The highest BCUT2D eigenvalue weighted by molar-refractivity contribution is 7.20. The molecule has 2 aromatic rings. The van der Waals surface area contributed by atoms with E-state index in [9.17, 15) is 14.4 Å². The number of thiophene rings is 1. The van der Waals surface area contributed by atoms with Crippen LogP contribution in [-0.2, 0) is 4.74 Å². The van der Waals surface area contributed by atoms with Gasteiger partial charge in [0.15, 0.2) is 0 Å². The predicted octanol–water partition coefficient (Wildman–Crippen LogP) is 3.45. The van der Waals surface area contributed by atoms with Gasteiger partial charge < -0.3 is 26.0 Å². The highest BCUT2D eigenvalue weighted by atomic mass is 32.1. The molecule has 0 radical (unpaired) electrons. The molecule has 1 fully saturated rings. The lowest BCUT2D eigenvalue weighted by Crippen LogP contribution is -2.42. The first kappa shape index (κ1) is 23.4. The van der Waals surface area contributed by atoms with Crippen molar-refractivity contribution in [1.29, 1.82) is 0 Å². The van der Waals surface area contributed by atoms with E-state index in [1.54, 1.807) is 18.0 Å². The third-order valence-electron chi connectivity index (χ3n) is 5.14. The van der Waals surface area contributed by atoms with E-state index in [1.807, 2.05) is 45.0 Å². The number of anilines is 2. The van der Waals surface area contributed by atoms with Gasteiger partial charge in [-0.05, 0) is 39.3 Å². The van der Waals surface area contributed by atoms with Crippen LogP contribution >= 0.6 is 11.3 Å². The summed E-state index contributed by atoms with van der Waals surface area (Å²) in [4.78, 5) is 40.3. The van der Waals surface area contributed by atoms with Crippen LogP contribution in [0.4, 0.5) is 20.3 Å². The number of carbonyl (C=O) groups excluding carboxylic acids is 3. The van der Waals surface area contributed by atoms with Crippen LogP contribution in [0.5, 0.6) is 0 Å². The van der Waals surface area contributed by atoms with E-state index in [-0.39, 0.29) is 17.7 Å². The van der Waals surface area contributed by atoms with Crippen LogP contribution in [0.3, 0.4) is 0 Å². The number of urea groups is 1. The van der Waals surface area contributed by atoms with Gasteiger partial charge in [-0.2, -0.15) is 0 Å². The minimum Gasteiger partial charge on any atom is -0.444 e. The molecule has 1 aliphatic heterocycles. The van der Waals surface area contributed by atoms with Crippen LogP contribution in [0.1, 0.15) is 37.6 Å². The quantitative estimate of drug-likeness (QED) is 0.630. The lowest BCUT2D eigenvalue weighted by Gasteiger charge is -2.29. The molecule has 1 aromatic heterocycles. The Labute approximate surface area is 191 Å². The largest absolute Gasteiger partial charge is 0.444 e. The lowest BCUT2D eigenvalue weighted by atomic mass is 10.1. The Morgan fingerprint density at radius 2 is 1.91 bits per heavy atom. The van der Waals surface area contributed by atoms with Gasteiger partial charge in [0.05, 0.1) is 11.6 Å². The molecule has 10 heteroatoms. The summed E-state index contributed by atoms with van der Waals surface area (Å²) < 4.78 is 5.50. The number of primary amides is 2. The maximum absolute atomic E-state index is 12.5. The molecule has 1 saturated heterocycles. The molecule has 3 rings (SSSR count). The van der Waals surface area contributed by atoms with Crippen molar-refractivity contribution in [2.24, 2.45) is 11.5 Å². The monoisotopic (exact) mass is 459 g/mol. The second-order valence-electron chi connectivity index (χ2n) is 8.70. The summed E-state index contributed by atoms with van der Waals surface area (Å²) in [6, 6.07) is 8.70. The zero-order chi connectivity index (χ0) is 23.6. The van der Waals surface area contributed by atoms with Crippen molar-refractivity contribution in [1.82, 2.24) is 4.90 Å². The van der Waals surface area contributed by atoms with E-state index in [2.05, 4.69) is 10.2 Å². The Hall–Kier alpha value is -3.27. The predicted molar refractivity (Wildman–Crippen MR) is 126 cm³/mol. The Kier molecular flexibility index (Phi) is 6.63. The van der Waals surface area contributed by atoms with Crippen LogP contribution < -0.4 is 21.7 Å². The smallest absolute Gasteiger partial charge is 0.410 e. The summed E-state index contributed by atoms with van der Waals surface area (Å²) in [6.45, 7) is 6.94. The van der Waals surface area contributed by atoms with Gasteiger partial charge in [0, 0.05) is 36.3 Å². The number of nitrogens with one attached hydrogen (secondary N) is 1. The first-order chi connectivity index (χ1) is 15.0. The molecular weight excluding hydrogens is 430 g/mol. The molecule has 1 aliphatic rings. The number of ether oxygens (including phenoxy) is 1. The molecule has 4 amide bonds. The fourth-order valence-corrected chi connectivity index (χ4v) is 4.73. The molecule has 0 bridgehead atoms. The SMILES string of the molecule is CN(C(=O)OC(C)(C)C)C1CCN(c2ccccc2-c2cc(C(N)=O)c(NC(N)=O)s2)C1. The van der Waals surface area contributed by atoms with Crippen molar-refractivity contribution >= 4 is 40.1 Å². The molecular formula is C22H29N5O4S. The number of likely N-dealkylation sites (N-methyl/N-ethyl adjacent to an activating group) is 1. The fourth-order valence-electron chi connectivity index (χ4n) is 3.63. The van der Waals surface area contributed by atoms with Gasteiger partial charge in [-0.3, -0.25) is 10.1 Å². The van der Waals surface area contributed by atoms with Gasteiger partial charge in [0.25, 0.3) is 5.91 Å². The number of hydrogen-bond acceptors (Lipinski definition) is 6. The number of nitrogens with zero attached hydrogens (tertiary/aromatic N) is 2. The number of amides is 4. The third kappa shape index (κ3) is 5.31. The first-order valence-electron chi connectivity index (χ1n) is 10.3. The zero-order valence-electron chi connectivity index (χ0n) is 18.7. The third-order valence-corrected chi connectivity index (χ3v) is 6.22. The number of carbonyl (C=O) groups is 3. The average molecular weight is 460 g/mol. The van der Waals surface area contributed by atoms with Crippen LogP contribution in [0, 0.1) is 0 Å². The summed E-state index contributed by atoms with van der Waals surface area (Å²) in [7, 11) is 1.76. The van der Waals surface area contributed by atoms with Gasteiger partial charge in [-0.25, -0.2) is 9.59 Å². The number of hydrogen-bond donors (Lipinski definition) is 3. The number of nitrogens with two attached hydrogens (primary N) is 2. The van der Waals surface area contributed by atoms with Crippen LogP contribution in [-0.4, -0.2) is 54.7 Å². The van der Waals surface area contributed by atoms with E-state index < -0.39 is 17.5 Å². The Morgan fingerprint density at radius 3 is 2.53 bits per heavy atom. The van der Waals surface area contributed by atoms with Crippen molar-refractivity contribution < 1.29 is 19.1 Å². The van der Waals surface area contributed by atoms with Crippen molar-refractivity contribution in [2.45, 2.75) is 38.8 Å². The minimum absolute atomic E-state index is 0.00881. The highest BCUT2D eigenvalue weighted by Crippen LogP contribution is 2.40. The first-order valence-corrected chi connectivity index (χ1v) is 11.1. The Bertz CT molecular complexity index is 1030. The minimum atomic E-state index is -0.762. The van der Waals surface area contributed by atoms with E-state index >= 15 is 0 Å². The van der Waals surface area contributed by atoms with Gasteiger partial charge in [0.2, 0.25) is 0 Å². The zero-order valence-corrected chi connectivity index (χ0v) is 19.5. The van der Waals surface area contributed by atoms with E-state index in [0.717, 1.165) is 29.1 Å². The number of benzene rings is 1. The van der Waals surface area contributed by atoms with Crippen LogP contribution in [0.15, 0.2) is 30.3 Å². The van der Waals surface area contributed by atoms with Crippen molar-refractivity contribution in [3.63, 3.8) is 0 Å². The van der Waals surface area contributed by atoms with Gasteiger partial charge in [-0.1, -0.05) is 18.2 Å². The van der Waals surface area contributed by atoms with Gasteiger partial charge in [-0.15, -0.1) is 11.3 Å². The van der Waals surface area contributed by atoms with E-state index in [0.29, 0.717) is 11.5 Å². The summed E-state index contributed by atoms with van der Waals surface area (Å²) in [5.74, 6) is -0.644. The normalized spacial score (nSPS) is 16.0. The van der Waals surface area contributed by atoms with E-state index in [1.165, 1.54) is 11.3 Å². The molecule has 0 aliphatic carbocycles. The van der Waals surface area contributed by atoms with E-state index in [4.69, 9.17) is 16.2 Å². The van der Waals surface area contributed by atoms with Crippen LogP contribution in [0.2, 0.25) is 0 Å². The summed E-state index contributed by atoms with van der Waals surface area (Å²) in [5, 5.41) is 2.79. The van der Waals surface area contributed by atoms with Crippen LogP contribution in [0.25, 0.3) is 10.4 Å². The number of para-hydroxylation sites is 1. The van der Waals surface area contributed by atoms with Gasteiger partial charge in [0.1, 0.15) is 10.6 Å². The molecule has 2 heterocycles. The maximum atomic E-state index is 12.5. The van der Waals surface area contributed by atoms with Crippen molar-refractivity contribution in [2.75, 3.05) is 30.4 Å². The number of rotatable bonds is 5. The van der Waals surface area contributed by atoms with Crippen molar-refractivity contribution in [3.8, 4) is 10.4 Å². The summed E-state index contributed by atoms with van der Waals surface area (Å²) in [5.41, 5.74) is 12.2. The molecule has 0 spiro atoms. The molecule has 1 atom stereocenters. The topological polar surface area (TPSA) is 131 Å². The molecule has 0 saturated carbocycles. The summed E-state index contributed by atoms with van der Waals surface area (Å²) >= 11 is 1.24. The summed E-state index contributed by atoms with van der Waals surface area (Å²) in [6.07, 6.45) is 0.458. The second-order valence-corrected chi connectivity index (χ2v) is 9.76. The molecule has 1 aromatic carbocycles. The molecule has 172 valence electrons. The molecule has 32 heavy (non-hydrogen) atoms. The standard InChI is InChI=1S/C22H29N5O4S/c1-22(2,3)31-21(30)26(4)13-9-10-27(12-13)16-8-6-5-7-14(16)17-11-15(18(23)28)19(32-17)25-20(24)29/h5-8,11,13H,9-10,12H2,1-4H3,(H2,23,28)(H3,24,25,29). The van der Waals surface area contributed by atoms with Gasteiger partial charge >= 0.3 is 12.1 Å². The second kappa shape index (κ2) is 9.07. The Morgan fingerprint density at radius 1 is 1.22 bits per heavy atom. The average Bonchev–Trinajstić information content (AvgIpc) is 3.33.